The lowest BCUT2D eigenvalue weighted by Crippen LogP contribution is -2.29. The molecule has 0 spiro atoms. The lowest BCUT2D eigenvalue weighted by molar-refractivity contribution is 0.563. The molecule has 1 N–H and O–H groups in total. The first kappa shape index (κ1) is 15.2. The Balaban J connectivity index is 2.02. The van der Waals surface area contributed by atoms with Crippen molar-refractivity contribution < 1.29 is 0 Å². The van der Waals surface area contributed by atoms with Crippen LogP contribution in [0.1, 0.15) is 52.7 Å². The Morgan fingerprint density at radius 3 is 2.60 bits per heavy atom. The Labute approximate surface area is 123 Å². The Hall–Kier alpha value is -1.16. The van der Waals surface area contributed by atoms with E-state index in [1.165, 1.54) is 19.3 Å². The molecule has 4 nitrogen and oxygen atoms in total. The molecule has 2 rings (SSSR count). The van der Waals surface area contributed by atoms with Gasteiger partial charge in [0, 0.05) is 31.4 Å². The van der Waals surface area contributed by atoms with E-state index in [9.17, 15) is 0 Å². The second-order valence-corrected chi connectivity index (χ2v) is 6.51. The molecule has 0 saturated heterocycles. The van der Waals surface area contributed by atoms with Crippen LogP contribution in [0.2, 0.25) is 0 Å². The molecule has 0 amide bonds. The van der Waals surface area contributed by atoms with Gasteiger partial charge in [0.15, 0.2) is 0 Å². The van der Waals surface area contributed by atoms with Crippen LogP contribution in [0.4, 0.5) is 5.82 Å². The van der Waals surface area contributed by atoms with E-state index in [4.69, 9.17) is 4.98 Å². The molecule has 1 aromatic heterocycles. The third-order valence-corrected chi connectivity index (χ3v) is 3.59. The van der Waals surface area contributed by atoms with Crippen LogP contribution >= 0.6 is 0 Å². The maximum Gasteiger partial charge on any atom is 0.147 e. The SMILES string of the molecule is CC(C)CCN(c1cncc(CNC(C)C)n1)C1CC1. The van der Waals surface area contributed by atoms with Crippen molar-refractivity contribution in [2.45, 2.75) is 65.6 Å². The smallest absolute Gasteiger partial charge is 0.147 e. The highest BCUT2D eigenvalue weighted by Gasteiger charge is 2.30. The Kier molecular flexibility index (Phi) is 5.35. The predicted octanol–water partition coefficient (Wildman–Crippen LogP) is 2.99. The van der Waals surface area contributed by atoms with Crippen LogP contribution in [0, 0.1) is 5.92 Å². The molecule has 0 bridgehead atoms. The lowest BCUT2D eigenvalue weighted by atomic mass is 10.1. The van der Waals surface area contributed by atoms with Crippen molar-refractivity contribution >= 4 is 5.82 Å². The Morgan fingerprint density at radius 2 is 2.00 bits per heavy atom. The molecule has 0 atom stereocenters. The standard InChI is InChI=1S/C16H28N4/c1-12(2)7-8-20(15-5-6-15)16-11-17-9-14(19-16)10-18-13(3)4/h9,11-13,15,18H,5-8,10H2,1-4H3. The van der Waals surface area contributed by atoms with Gasteiger partial charge >= 0.3 is 0 Å². The fourth-order valence-corrected chi connectivity index (χ4v) is 2.19. The molecule has 1 aromatic rings. The molecule has 1 aliphatic carbocycles. The van der Waals surface area contributed by atoms with Crippen LogP contribution < -0.4 is 10.2 Å². The number of nitrogens with zero attached hydrogens (tertiary/aromatic N) is 3. The normalized spacial score (nSPS) is 15.1. The molecule has 1 aliphatic rings. The molecule has 1 heterocycles. The molecule has 0 unspecified atom stereocenters. The summed E-state index contributed by atoms with van der Waals surface area (Å²) in [6.45, 7) is 10.7. The average molecular weight is 276 g/mol. The summed E-state index contributed by atoms with van der Waals surface area (Å²) in [5, 5.41) is 3.40. The zero-order chi connectivity index (χ0) is 14.5. The van der Waals surface area contributed by atoms with Crippen LogP contribution in [0.5, 0.6) is 0 Å². The van der Waals surface area contributed by atoms with E-state index in [0.29, 0.717) is 12.1 Å². The number of nitrogens with one attached hydrogen (secondary N) is 1. The predicted molar refractivity (Wildman–Crippen MR) is 83.8 cm³/mol. The summed E-state index contributed by atoms with van der Waals surface area (Å²) in [6.07, 6.45) is 7.60. The number of hydrogen-bond donors (Lipinski definition) is 1. The van der Waals surface area contributed by atoms with Crippen molar-refractivity contribution in [3.8, 4) is 0 Å². The minimum Gasteiger partial charge on any atom is -0.352 e. The highest BCUT2D eigenvalue weighted by Crippen LogP contribution is 2.30. The van der Waals surface area contributed by atoms with E-state index in [1.807, 2.05) is 12.4 Å². The molecule has 0 radical (unpaired) electrons. The third kappa shape index (κ3) is 4.75. The van der Waals surface area contributed by atoms with Gasteiger partial charge in [-0.25, -0.2) is 4.98 Å². The van der Waals surface area contributed by atoms with Crippen molar-refractivity contribution in [2.24, 2.45) is 5.92 Å². The first-order chi connectivity index (χ1) is 9.56. The van der Waals surface area contributed by atoms with Crippen molar-refractivity contribution in [1.29, 1.82) is 0 Å². The van der Waals surface area contributed by atoms with Crippen molar-refractivity contribution in [3.63, 3.8) is 0 Å². The van der Waals surface area contributed by atoms with E-state index < -0.39 is 0 Å². The van der Waals surface area contributed by atoms with Gasteiger partial charge in [-0.15, -0.1) is 0 Å². The number of anilines is 1. The molecule has 0 aromatic carbocycles. The van der Waals surface area contributed by atoms with Gasteiger partial charge in [-0.2, -0.15) is 0 Å². The zero-order valence-corrected chi connectivity index (χ0v) is 13.3. The fraction of sp³-hybridized carbons (Fsp3) is 0.750. The molecule has 112 valence electrons. The lowest BCUT2D eigenvalue weighted by Gasteiger charge is -2.24. The van der Waals surface area contributed by atoms with Crippen molar-refractivity contribution in [1.82, 2.24) is 15.3 Å². The van der Waals surface area contributed by atoms with Crippen molar-refractivity contribution in [3.05, 3.63) is 18.1 Å². The second-order valence-electron chi connectivity index (χ2n) is 6.51. The van der Waals surface area contributed by atoms with E-state index in [-0.39, 0.29) is 0 Å². The zero-order valence-electron chi connectivity index (χ0n) is 13.3. The summed E-state index contributed by atoms with van der Waals surface area (Å²) in [7, 11) is 0. The van der Waals surface area contributed by atoms with Gasteiger partial charge in [-0.05, 0) is 25.2 Å². The van der Waals surface area contributed by atoms with Gasteiger partial charge in [0.25, 0.3) is 0 Å². The maximum absolute atomic E-state index is 4.79. The number of hydrogen-bond acceptors (Lipinski definition) is 4. The maximum atomic E-state index is 4.79. The Bertz CT molecular complexity index is 413. The van der Waals surface area contributed by atoms with Crippen LogP contribution in [0.25, 0.3) is 0 Å². The summed E-state index contributed by atoms with van der Waals surface area (Å²) >= 11 is 0. The summed E-state index contributed by atoms with van der Waals surface area (Å²) in [5.74, 6) is 1.78. The van der Waals surface area contributed by atoms with Crippen LogP contribution in [0.15, 0.2) is 12.4 Å². The monoisotopic (exact) mass is 276 g/mol. The second kappa shape index (κ2) is 7.02. The minimum atomic E-state index is 0.473. The first-order valence-corrected chi connectivity index (χ1v) is 7.87. The number of aromatic nitrogens is 2. The molecule has 20 heavy (non-hydrogen) atoms. The molecule has 0 aliphatic heterocycles. The quantitative estimate of drug-likeness (QED) is 0.792. The summed E-state index contributed by atoms with van der Waals surface area (Å²) in [4.78, 5) is 11.6. The Morgan fingerprint density at radius 1 is 1.25 bits per heavy atom. The largest absolute Gasteiger partial charge is 0.352 e. The summed E-state index contributed by atoms with van der Waals surface area (Å²) < 4.78 is 0. The molecular formula is C16H28N4. The van der Waals surface area contributed by atoms with E-state index in [1.54, 1.807) is 0 Å². The molecule has 1 fully saturated rings. The van der Waals surface area contributed by atoms with Crippen LogP contribution in [0.3, 0.4) is 0 Å². The van der Waals surface area contributed by atoms with Crippen molar-refractivity contribution in [2.75, 3.05) is 11.4 Å². The third-order valence-electron chi connectivity index (χ3n) is 3.59. The van der Waals surface area contributed by atoms with Gasteiger partial charge in [-0.3, -0.25) is 4.98 Å². The molecule has 1 saturated carbocycles. The topological polar surface area (TPSA) is 41.1 Å². The van der Waals surface area contributed by atoms with E-state index >= 15 is 0 Å². The highest BCUT2D eigenvalue weighted by atomic mass is 15.2. The van der Waals surface area contributed by atoms with Gasteiger partial charge in [0.1, 0.15) is 5.82 Å². The fourth-order valence-electron chi connectivity index (χ4n) is 2.19. The number of rotatable bonds is 8. The minimum absolute atomic E-state index is 0.473. The molecule has 4 heteroatoms. The van der Waals surface area contributed by atoms with Gasteiger partial charge in [-0.1, -0.05) is 27.7 Å². The van der Waals surface area contributed by atoms with Crippen LogP contribution in [-0.2, 0) is 6.54 Å². The van der Waals surface area contributed by atoms with Gasteiger partial charge in [0.05, 0.1) is 11.9 Å². The average Bonchev–Trinajstić information content (AvgIpc) is 3.21. The summed E-state index contributed by atoms with van der Waals surface area (Å²) in [6, 6.07) is 1.16. The highest BCUT2D eigenvalue weighted by molar-refractivity contribution is 5.39. The summed E-state index contributed by atoms with van der Waals surface area (Å²) in [5.41, 5.74) is 1.03. The molecular weight excluding hydrogens is 248 g/mol. The van der Waals surface area contributed by atoms with Gasteiger partial charge < -0.3 is 10.2 Å². The first-order valence-electron chi connectivity index (χ1n) is 7.87. The van der Waals surface area contributed by atoms with Gasteiger partial charge in [0.2, 0.25) is 0 Å². The van der Waals surface area contributed by atoms with Crippen LogP contribution in [-0.4, -0.2) is 28.6 Å². The van der Waals surface area contributed by atoms with E-state index in [0.717, 1.165) is 30.5 Å². The van der Waals surface area contributed by atoms with E-state index in [2.05, 4.69) is 42.9 Å².